The molecule has 2 aromatic rings. The number of ether oxygens (including phenoxy) is 2. The number of hydrogen-bond acceptors (Lipinski definition) is 6. The topological polar surface area (TPSA) is 79.3 Å². The minimum atomic E-state index is -0.660. The fraction of sp³-hybridized carbons (Fsp3) is 0.360. The van der Waals surface area contributed by atoms with Crippen LogP contribution in [0.2, 0.25) is 0 Å². The molecule has 2 aromatic carbocycles. The van der Waals surface area contributed by atoms with E-state index < -0.39 is 17.7 Å². The highest BCUT2D eigenvalue weighted by Gasteiger charge is 2.46. The van der Waals surface area contributed by atoms with Crippen molar-refractivity contribution in [3.63, 3.8) is 0 Å². The molecule has 3 heterocycles. The maximum Gasteiger partial charge on any atom is 0.295 e. The summed E-state index contributed by atoms with van der Waals surface area (Å²) in [7, 11) is 0. The predicted molar refractivity (Wildman–Crippen MR) is 118 cm³/mol. The number of benzene rings is 2. The first kappa shape index (κ1) is 20.6. The van der Waals surface area contributed by atoms with Crippen molar-refractivity contribution >= 4 is 17.4 Å². The Hall–Kier alpha value is -3.32. The summed E-state index contributed by atoms with van der Waals surface area (Å²) in [5.74, 6) is -0.341. The Morgan fingerprint density at radius 2 is 1.72 bits per heavy atom. The summed E-state index contributed by atoms with van der Waals surface area (Å²) >= 11 is 0. The third-order valence-electron chi connectivity index (χ3n) is 6.43. The number of aliphatic hydroxyl groups is 1. The normalized spacial score (nSPS) is 22.2. The van der Waals surface area contributed by atoms with E-state index in [4.69, 9.17) is 9.47 Å². The zero-order valence-corrected chi connectivity index (χ0v) is 18.0. The molecule has 1 unspecified atom stereocenters. The zero-order valence-electron chi connectivity index (χ0n) is 18.0. The molecule has 3 aliphatic heterocycles. The largest absolute Gasteiger partial charge is 0.507 e. The summed E-state index contributed by atoms with van der Waals surface area (Å²) in [5, 5.41) is 11.2. The minimum Gasteiger partial charge on any atom is -0.507 e. The first-order valence-electron chi connectivity index (χ1n) is 11.0. The first-order valence-corrected chi connectivity index (χ1v) is 11.0. The van der Waals surface area contributed by atoms with Gasteiger partial charge in [-0.25, -0.2) is 0 Å². The second-order valence-corrected chi connectivity index (χ2v) is 8.52. The number of carbonyl (C=O) groups excluding carboxylic acids is 2. The zero-order chi connectivity index (χ0) is 22.2. The molecule has 0 saturated carbocycles. The van der Waals surface area contributed by atoms with Gasteiger partial charge in [-0.05, 0) is 56.6 Å². The predicted octanol–water partition coefficient (Wildman–Crippen LogP) is 3.24. The molecular weight excluding hydrogens is 408 g/mol. The van der Waals surface area contributed by atoms with Crippen molar-refractivity contribution in [3.05, 3.63) is 64.7 Å². The molecule has 3 aliphatic rings. The van der Waals surface area contributed by atoms with Gasteiger partial charge in [-0.2, -0.15) is 0 Å². The molecule has 5 rings (SSSR count). The first-order chi connectivity index (χ1) is 15.5. The van der Waals surface area contributed by atoms with Gasteiger partial charge in [0.2, 0.25) is 6.79 Å². The lowest BCUT2D eigenvalue weighted by Crippen LogP contribution is -2.37. The van der Waals surface area contributed by atoms with Gasteiger partial charge in [0.15, 0.2) is 11.5 Å². The number of amides is 1. The molecule has 166 valence electrons. The van der Waals surface area contributed by atoms with Crippen LogP contribution in [0.3, 0.4) is 0 Å². The van der Waals surface area contributed by atoms with E-state index in [1.165, 1.54) is 0 Å². The monoisotopic (exact) mass is 434 g/mol. The van der Waals surface area contributed by atoms with Gasteiger partial charge in [-0.15, -0.1) is 0 Å². The smallest absolute Gasteiger partial charge is 0.295 e. The second-order valence-electron chi connectivity index (χ2n) is 8.52. The Kier molecular flexibility index (Phi) is 5.35. The fourth-order valence-corrected chi connectivity index (χ4v) is 4.66. The SMILES string of the molecule is Cc1ccc(C2/C(=C(\O)c3ccc4c(c3)OCO4)C(=O)C(=O)N2CCN2CCCC2)cc1. The van der Waals surface area contributed by atoms with Crippen LogP contribution in [0, 0.1) is 6.92 Å². The van der Waals surface area contributed by atoms with Crippen LogP contribution in [-0.2, 0) is 9.59 Å². The van der Waals surface area contributed by atoms with Crippen LogP contribution in [0.4, 0.5) is 0 Å². The summed E-state index contributed by atoms with van der Waals surface area (Å²) in [6.45, 7) is 5.26. The molecule has 2 fully saturated rings. The molecule has 0 bridgehead atoms. The van der Waals surface area contributed by atoms with Crippen molar-refractivity contribution in [3.8, 4) is 11.5 Å². The lowest BCUT2D eigenvalue weighted by atomic mass is 9.94. The van der Waals surface area contributed by atoms with E-state index in [-0.39, 0.29) is 18.1 Å². The van der Waals surface area contributed by atoms with E-state index >= 15 is 0 Å². The fourth-order valence-electron chi connectivity index (χ4n) is 4.66. The number of rotatable bonds is 5. The summed E-state index contributed by atoms with van der Waals surface area (Å²) in [4.78, 5) is 30.1. The number of aryl methyl sites for hydroxylation is 1. The van der Waals surface area contributed by atoms with Crippen LogP contribution in [0.5, 0.6) is 11.5 Å². The number of aliphatic hydroxyl groups excluding tert-OH is 1. The van der Waals surface area contributed by atoms with Crippen molar-refractivity contribution in [1.29, 1.82) is 0 Å². The van der Waals surface area contributed by atoms with Crippen molar-refractivity contribution < 1.29 is 24.2 Å². The average Bonchev–Trinajstić information content (AvgIpc) is 3.53. The average molecular weight is 434 g/mol. The molecule has 2 saturated heterocycles. The lowest BCUT2D eigenvalue weighted by molar-refractivity contribution is -0.140. The number of carbonyl (C=O) groups is 2. The Morgan fingerprint density at radius 1 is 1.00 bits per heavy atom. The van der Waals surface area contributed by atoms with Crippen LogP contribution in [0.25, 0.3) is 5.76 Å². The number of likely N-dealkylation sites (tertiary alicyclic amines) is 2. The highest BCUT2D eigenvalue weighted by molar-refractivity contribution is 6.46. The van der Waals surface area contributed by atoms with Gasteiger partial charge in [0.1, 0.15) is 5.76 Å². The highest BCUT2D eigenvalue weighted by Crippen LogP contribution is 2.41. The molecule has 0 spiro atoms. The van der Waals surface area contributed by atoms with Gasteiger partial charge in [-0.3, -0.25) is 9.59 Å². The Morgan fingerprint density at radius 3 is 2.47 bits per heavy atom. The number of Topliss-reactive ketones (excluding diaryl/α,β-unsaturated/α-hetero) is 1. The molecule has 7 nitrogen and oxygen atoms in total. The molecule has 0 radical (unpaired) electrons. The van der Waals surface area contributed by atoms with Crippen molar-refractivity contribution in [2.75, 3.05) is 33.0 Å². The Labute approximate surface area is 186 Å². The van der Waals surface area contributed by atoms with E-state index in [0.29, 0.717) is 30.2 Å². The number of hydrogen-bond donors (Lipinski definition) is 1. The summed E-state index contributed by atoms with van der Waals surface area (Å²) in [6, 6.07) is 12.1. The van der Waals surface area contributed by atoms with Crippen LogP contribution in [0.1, 0.15) is 35.6 Å². The number of nitrogens with zero attached hydrogens (tertiary/aromatic N) is 2. The maximum atomic E-state index is 13.1. The number of fused-ring (bicyclic) bond motifs is 1. The van der Waals surface area contributed by atoms with E-state index in [9.17, 15) is 14.7 Å². The Balaban J connectivity index is 1.55. The van der Waals surface area contributed by atoms with Crippen LogP contribution in [-0.4, -0.2) is 59.6 Å². The third kappa shape index (κ3) is 3.62. The molecule has 0 aliphatic carbocycles. The molecule has 1 atom stereocenters. The van der Waals surface area contributed by atoms with E-state index in [0.717, 1.165) is 37.1 Å². The quantitative estimate of drug-likeness (QED) is 0.442. The summed E-state index contributed by atoms with van der Waals surface area (Å²) < 4.78 is 10.8. The van der Waals surface area contributed by atoms with Gasteiger partial charge >= 0.3 is 0 Å². The molecular formula is C25H26N2O5. The second kappa shape index (κ2) is 8.31. The third-order valence-corrected chi connectivity index (χ3v) is 6.43. The van der Waals surface area contributed by atoms with E-state index in [1.54, 1.807) is 23.1 Å². The highest BCUT2D eigenvalue weighted by atomic mass is 16.7. The lowest BCUT2D eigenvalue weighted by Gasteiger charge is -2.27. The van der Waals surface area contributed by atoms with Crippen LogP contribution >= 0.6 is 0 Å². The summed E-state index contributed by atoms with van der Waals surface area (Å²) in [6.07, 6.45) is 2.31. The van der Waals surface area contributed by atoms with Crippen LogP contribution < -0.4 is 9.47 Å². The minimum absolute atomic E-state index is 0.110. The molecule has 32 heavy (non-hydrogen) atoms. The van der Waals surface area contributed by atoms with Gasteiger partial charge in [0.25, 0.3) is 11.7 Å². The van der Waals surface area contributed by atoms with Gasteiger partial charge in [-0.1, -0.05) is 29.8 Å². The van der Waals surface area contributed by atoms with E-state index in [2.05, 4.69) is 4.90 Å². The van der Waals surface area contributed by atoms with Crippen molar-refractivity contribution in [2.45, 2.75) is 25.8 Å². The van der Waals surface area contributed by atoms with Gasteiger partial charge in [0, 0.05) is 18.7 Å². The molecule has 1 N–H and O–H groups in total. The van der Waals surface area contributed by atoms with E-state index in [1.807, 2.05) is 31.2 Å². The molecule has 0 aromatic heterocycles. The number of ketones is 1. The maximum absolute atomic E-state index is 13.1. The van der Waals surface area contributed by atoms with Crippen molar-refractivity contribution in [2.24, 2.45) is 0 Å². The standard InChI is InChI=1S/C25H26N2O5/c1-16-4-6-17(7-5-16)22-21(23(28)18-8-9-19-20(14-18)32-15-31-19)24(29)25(30)27(22)13-12-26-10-2-3-11-26/h4-9,14,22,28H,2-3,10-13,15H2,1H3/b23-21+. The molecule has 1 amide bonds. The van der Waals surface area contributed by atoms with Crippen molar-refractivity contribution in [1.82, 2.24) is 9.80 Å². The Bertz CT molecular complexity index is 1090. The van der Waals surface area contributed by atoms with Crippen LogP contribution in [0.15, 0.2) is 48.0 Å². The summed E-state index contributed by atoms with van der Waals surface area (Å²) in [5.41, 5.74) is 2.42. The molecule has 7 heteroatoms. The van der Waals surface area contributed by atoms with Gasteiger partial charge < -0.3 is 24.4 Å². The van der Waals surface area contributed by atoms with Gasteiger partial charge in [0.05, 0.1) is 11.6 Å².